The van der Waals surface area contributed by atoms with Crippen LogP contribution in [0.25, 0.3) is 0 Å². The summed E-state index contributed by atoms with van der Waals surface area (Å²) in [6.45, 7) is 2.86. The van der Waals surface area contributed by atoms with Gasteiger partial charge in [0, 0.05) is 30.2 Å². The fraction of sp³-hybridized carbons (Fsp3) is 0.235. The average molecular weight is 303 g/mol. The third-order valence-electron chi connectivity index (χ3n) is 3.43. The van der Waals surface area contributed by atoms with Gasteiger partial charge in [0.25, 0.3) is 5.91 Å². The minimum Gasteiger partial charge on any atom is -0.355 e. The molecule has 21 heavy (non-hydrogen) atoms. The summed E-state index contributed by atoms with van der Waals surface area (Å²) in [5.41, 5.74) is 3.01. The zero-order valence-electron chi connectivity index (χ0n) is 12.2. The highest BCUT2D eigenvalue weighted by molar-refractivity contribution is 6.30. The Kier molecular flexibility index (Phi) is 5.37. The lowest BCUT2D eigenvalue weighted by Crippen LogP contribution is -2.19. The van der Waals surface area contributed by atoms with Gasteiger partial charge in [-0.1, -0.05) is 35.9 Å². The Morgan fingerprint density at radius 3 is 2.29 bits per heavy atom. The summed E-state index contributed by atoms with van der Waals surface area (Å²) in [6, 6.07) is 15.7. The molecule has 2 N–H and O–H groups in total. The summed E-state index contributed by atoms with van der Waals surface area (Å²) >= 11 is 5.89. The molecule has 3 nitrogen and oxygen atoms in total. The molecule has 0 heterocycles. The monoisotopic (exact) mass is 302 g/mol. The van der Waals surface area contributed by atoms with Gasteiger partial charge in [0.15, 0.2) is 0 Å². The van der Waals surface area contributed by atoms with Gasteiger partial charge in [-0.2, -0.15) is 0 Å². The topological polar surface area (TPSA) is 41.1 Å². The van der Waals surface area contributed by atoms with Crippen LogP contribution in [0.2, 0.25) is 5.02 Å². The number of halogens is 1. The number of amides is 1. The second-order valence-electron chi connectivity index (χ2n) is 4.93. The second-order valence-corrected chi connectivity index (χ2v) is 5.37. The van der Waals surface area contributed by atoms with Crippen molar-refractivity contribution in [1.29, 1.82) is 0 Å². The molecule has 0 aliphatic heterocycles. The molecule has 0 spiro atoms. The molecule has 1 amide bonds. The Labute approximate surface area is 130 Å². The summed E-state index contributed by atoms with van der Waals surface area (Å²) in [4.78, 5) is 11.5. The first-order valence-electron chi connectivity index (χ1n) is 6.90. The van der Waals surface area contributed by atoms with Crippen molar-refractivity contribution in [2.75, 3.05) is 7.05 Å². The fourth-order valence-corrected chi connectivity index (χ4v) is 2.18. The fourth-order valence-electron chi connectivity index (χ4n) is 2.06. The first-order valence-corrected chi connectivity index (χ1v) is 7.28. The van der Waals surface area contributed by atoms with Gasteiger partial charge >= 0.3 is 0 Å². The number of hydrogen-bond donors (Lipinski definition) is 2. The highest BCUT2D eigenvalue weighted by Crippen LogP contribution is 2.16. The predicted molar refractivity (Wildman–Crippen MR) is 86.5 cm³/mol. The molecule has 0 unspecified atom stereocenters. The molecule has 0 aromatic heterocycles. The van der Waals surface area contributed by atoms with Crippen LogP contribution < -0.4 is 10.6 Å². The lowest BCUT2D eigenvalue weighted by Gasteiger charge is -2.14. The van der Waals surface area contributed by atoms with E-state index in [1.165, 1.54) is 5.56 Å². The molecule has 0 radical (unpaired) electrons. The zero-order chi connectivity index (χ0) is 15.2. The van der Waals surface area contributed by atoms with E-state index in [-0.39, 0.29) is 11.9 Å². The summed E-state index contributed by atoms with van der Waals surface area (Å²) in [5, 5.41) is 6.81. The summed E-state index contributed by atoms with van der Waals surface area (Å²) in [7, 11) is 1.63. The summed E-state index contributed by atoms with van der Waals surface area (Å²) in [6.07, 6.45) is 0. The SMILES string of the molecule is CNC(=O)c1ccc(CN[C@H](C)c2ccc(Cl)cc2)cc1. The Hall–Kier alpha value is -1.84. The number of carbonyl (C=O) groups excluding carboxylic acids is 1. The standard InChI is InChI=1S/C17H19ClN2O/c1-12(14-7-9-16(18)10-8-14)20-11-13-3-5-15(6-4-13)17(21)19-2/h3-10,12,20H,11H2,1-2H3,(H,19,21)/t12-/m1/s1. The molecule has 1 atom stereocenters. The van der Waals surface area contributed by atoms with Gasteiger partial charge in [-0.05, 0) is 42.3 Å². The molecule has 0 fully saturated rings. The molecule has 4 heteroatoms. The number of benzene rings is 2. The highest BCUT2D eigenvalue weighted by Gasteiger charge is 2.06. The molecule has 0 saturated carbocycles. The van der Waals surface area contributed by atoms with E-state index < -0.39 is 0 Å². The third-order valence-corrected chi connectivity index (χ3v) is 3.68. The molecule has 0 bridgehead atoms. The molecule has 2 aromatic carbocycles. The molecule has 0 aliphatic rings. The van der Waals surface area contributed by atoms with Crippen LogP contribution in [-0.2, 0) is 6.54 Å². The van der Waals surface area contributed by atoms with Crippen molar-refractivity contribution in [3.05, 3.63) is 70.2 Å². The predicted octanol–water partition coefficient (Wildman–Crippen LogP) is 3.55. The van der Waals surface area contributed by atoms with Crippen LogP contribution in [-0.4, -0.2) is 13.0 Å². The van der Waals surface area contributed by atoms with Gasteiger partial charge in [0.2, 0.25) is 0 Å². The number of carbonyl (C=O) groups is 1. The van der Waals surface area contributed by atoms with E-state index in [1.54, 1.807) is 7.05 Å². The normalized spacial score (nSPS) is 12.0. The van der Waals surface area contributed by atoms with Crippen molar-refractivity contribution in [2.45, 2.75) is 19.5 Å². The third kappa shape index (κ3) is 4.31. The van der Waals surface area contributed by atoms with Gasteiger partial charge in [-0.25, -0.2) is 0 Å². The minimum atomic E-state index is -0.0657. The molecule has 110 valence electrons. The van der Waals surface area contributed by atoms with Crippen LogP contribution >= 0.6 is 11.6 Å². The maximum Gasteiger partial charge on any atom is 0.251 e. The summed E-state index contributed by atoms with van der Waals surface area (Å²) in [5.74, 6) is -0.0657. The Balaban J connectivity index is 1.93. The second kappa shape index (κ2) is 7.25. The highest BCUT2D eigenvalue weighted by atomic mass is 35.5. The quantitative estimate of drug-likeness (QED) is 0.887. The number of rotatable bonds is 5. The number of hydrogen-bond acceptors (Lipinski definition) is 2. The van der Waals surface area contributed by atoms with Crippen molar-refractivity contribution in [3.8, 4) is 0 Å². The maximum absolute atomic E-state index is 11.5. The van der Waals surface area contributed by atoms with Gasteiger partial charge in [-0.15, -0.1) is 0 Å². The Morgan fingerprint density at radius 1 is 1.10 bits per heavy atom. The molecule has 2 rings (SSSR count). The first kappa shape index (κ1) is 15.5. The zero-order valence-corrected chi connectivity index (χ0v) is 12.9. The van der Waals surface area contributed by atoms with Crippen LogP contribution in [0.1, 0.15) is 34.5 Å². The molecular weight excluding hydrogens is 284 g/mol. The van der Waals surface area contributed by atoms with E-state index in [2.05, 4.69) is 17.6 Å². The average Bonchev–Trinajstić information content (AvgIpc) is 2.53. The Morgan fingerprint density at radius 2 is 1.71 bits per heavy atom. The van der Waals surface area contributed by atoms with Crippen molar-refractivity contribution >= 4 is 17.5 Å². The first-order chi connectivity index (χ1) is 10.1. The maximum atomic E-state index is 11.5. The van der Waals surface area contributed by atoms with E-state index in [9.17, 15) is 4.79 Å². The van der Waals surface area contributed by atoms with E-state index in [1.807, 2.05) is 48.5 Å². The number of nitrogens with one attached hydrogen (secondary N) is 2. The van der Waals surface area contributed by atoms with Crippen LogP contribution in [0.3, 0.4) is 0 Å². The van der Waals surface area contributed by atoms with Gasteiger partial charge < -0.3 is 10.6 Å². The van der Waals surface area contributed by atoms with E-state index in [4.69, 9.17) is 11.6 Å². The van der Waals surface area contributed by atoms with Crippen LogP contribution in [0.4, 0.5) is 0 Å². The van der Waals surface area contributed by atoms with Crippen LogP contribution in [0.5, 0.6) is 0 Å². The van der Waals surface area contributed by atoms with Crippen molar-refractivity contribution in [2.24, 2.45) is 0 Å². The van der Waals surface area contributed by atoms with Crippen molar-refractivity contribution in [1.82, 2.24) is 10.6 Å². The Bertz CT molecular complexity index is 593. The smallest absolute Gasteiger partial charge is 0.251 e. The van der Waals surface area contributed by atoms with E-state index in [0.29, 0.717) is 5.56 Å². The van der Waals surface area contributed by atoms with Gasteiger partial charge in [0.1, 0.15) is 0 Å². The van der Waals surface area contributed by atoms with Crippen molar-refractivity contribution < 1.29 is 4.79 Å². The lowest BCUT2D eigenvalue weighted by molar-refractivity contribution is 0.0963. The van der Waals surface area contributed by atoms with Gasteiger partial charge in [0.05, 0.1) is 0 Å². The van der Waals surface area contributed by atoms with E-state index >= 15 is 0 Å². The largest absolute Gasteiger partial charge is 0.355 e. The van der Waals surface area contributed by atoms with Crippen molar-refractivity contribution in [3.63, 3.8) is 0 Å². The minimum absolute atomic E-state index is 0.0657. The van der Waals surface area contributed by atoms with E-state index in [0.717, 1.165) is 17.1 Å². The summed E-state index contributed by atoms with van der Waals surface area (Å²) < 4.78 is 0. The van der Waals surface area contributed by atoms with Crippen LogP contribution in [0.15, 0.2) is 48.5 Å². The van der Waals surface area contributed by atoms with Gasteiger partial charge in [-0.3, -0.25) is 4.79 Å². The lowest BCUT2D eigenvalue weighted by atomic mass is 10.1. The molecular formula is C17H19ClN2O. The molecule has 0 saturated heterocycles. The molecule has 2 aromatic rings. The molecule has 0 aliphatic carbocycles. The van der Waals surface area contributed by atoms with Crippen LogP contribution in [0, 0.1) is 0 Å².